The number of piperazine rings is 1. The van der Waals surface area contributed by atoms with Gasteiger partial charge in [-0.3, -0.25) is 9.59 Å². The first-order valence-corrected chi connectivity index (χ1v) is 9.44. The summed E-state index contributed by atoms with van der Waals surface area (Å²) in [6.45, 7) is 3.13. The second kappa shape index (κ2) is 10.1. The zero-order valence-electron chi connectivity index (χ0n) is 16.2. The summed E-state index contributed by atoms with van der Waals surface area (Å²) in [7, 11) is 0. The minimum Gasteiger partial charge on any atom is -0.339 e. The van der Waals surface area contributed by atoms with Crippen LogP contribution in [0, 0.1) is 0 Å². The lowest BCUT2D eigenvalue weighted by Gasteiger charge is -2.35. The van der Waals surface area contributed by atoms with Crippen molar-refractivity contribution >= 4 is 23.5 Å². The first kappa shape index (κ1) is 22.5. The van der Waals surface area contributed by atoms with Crippen LogP contribution in [0.4, 0.5) is 23.7 Å². The lowest BCUT2D eigenvalue weighted by Crippen LogP contribution is -2.51. The molecule has 2 N–H and O–H groups in total. The normalized spacial score (nSPS) is 14.5. The fraction of sp³-hybridized carbons (Fsp3) is 0.526. The van der Waals surface area contributed by atoms with Gasteiger partial charge in [-0.2, -0.15) is 13.2 Å². The Hall–Kier alpha value is -2.78. The highest BCUT2D eigenvalue weighted by Gasteiger charge is 2.34. The third-order valence-electron chi connectivity index (χ3n) is 4.44. The first-order valence-electron chi connectivity index (χ1n) is 9.44. The molecule has 1 heterocycles. The van der Waals surface area contributed by atoms with Crippen molar-refractivity contribution < 1.29 is 27.6 Å². The second-order valence-corrected chi connectivity index (χ2v) is 6.81. The minimum absolute atomic E-state index is 0.0936. The van der Waals surface area contributed by atoms with E-state index in [9.17, 15) is 27.6 Å². The third-order valence-corrected chi connectivity index (χ3v) is 4.44. The van der Waals surface area contributed by atoms with Crippen LogP contribution in [0.3, 0.4) is 0 Å². The topological polar surface area (TPSA) is 81.8 Å². The van der Waals surface area contributed by atoms with E-state index in [0.29, 0.717) is 12.2 Å². The number of halogens is 3. The Labute approximate surface area is 167 Å². The van der Waals surface area contributed by atoms with Crippen molar-refractivity contribution in [2.24, 2.45) is 0 Å². The van der Waals surface area contributed by atoms with Crippen molar-refractivity contribution in [1.29, 1.82) is 0 Å². The molecule has 0 aromatic heterocycles. The summed E-state index contributed by atoms with van der Waals surface area (Å²) in [5.74, 6) is -1.12. The largest absolute Gasteiger partial charge is 0.397 e. The molecule has 29 heavy (non-hydrogen) atoms. The van der Waals surface area contributed by atoms with Crippen LogP contribution in [0.15, 0.2) is 24.3 Å². The van der Waals surface area contributed by atoms with Crippen LogP contribution in [-0.4, -0.2) is 66.5 Å². The molecule has 1 fully saturated rings. The third kappa shape index (κ3) is 7.63. The number of alkyl halides is 3. The zero-order valence-corrected chi connectivity index (χ0v) is 16.2. The average molecular weight is 414 g/mol. The molecule has 1 aromatic rings. The van der Waals surface area contributed by atoms with Gasteiger partial charge in [-0.15, -0.1) is 0 Å². The highest BCUT2D eigenvalue weighted by atomic mass is 19.4. The maximum absolute atomic E-state index is 12.4. The summed E-state index contributed by atoms with van der Waals surface area (Å²) < 4.78 is 37.0. The average Bonchev–Trinajstić information content (AvgIpc) is 2.66. The van der Waals surface area contributed by atoms with Crippen molar-refractivity contribution in [2.75, 3.05) is 38.0 Å². The van der Waals surface area contributed by atoms with Crippen molar-refractivity contribution in [3.8, 4) is 0 Å². The molecule has 7 nitrogen and oxygen atoms in total. The van der Waals surface area contributed by atoms with Gasteiger partial charge >= 0.3 is 12.2 Å². The number of anilines is 1. The smallest absolute Gasteiger partial charge is 0.339 e. The number of nitrogens with one attached hydrogen (secondary N) is 2. The van der Waals surface area contributed by atoms with E-state index in [-0.39, 0.29) is 44.5 Å². The summed E-state index contributed by atoms with van der Waals surface area (Å²) in [5.41, 5.74) is 1.36. The first-order chi connectivity index (χ1) is 13.7. The lowest BCUT2D eigenvalue weighted by molar-refractivity contribution is -0.163. The number of nitrogens with zero attached hydrogens (tertiary/aromatic N) is 2. The Kier molecular flexibility index (Phi) is 7.86. The van der Waals surface area contributed by atoms with E-state index in [1.807, 2.05) is 6.92 Å². The summed E-state index contributed by atoms with van der Waals surface area (Å²) in [4.78, 5) is 38.3. The Bertz CT molecular complexity index is 714. The predicted octanol–water partition coefficient (Wildman–Crippen LogP) is 2.38. The minimum atomic E-state index is -4.53. The molecular weight excluding hydrogens is 389 g/mol. The molecule has 4 amide bonds. The summed E-state index contributed by atoms with van der Waals surface area (Å²) in [6.07, 6.45) is -5.03. The van der Waals surface area contributed by atoms with Crippen molar-refractivity contribution in [2.45, 2.75) is 32.4 Å². The highest BCUT2D eigenvalue weighted by molar-refractivity contribution is 5.89. The summed E-state index contributed by atoms with van der Waals surface area (Å²) in [6, 6.07) is 6.56. The molecule has 1 aliphatic heterocycles. The monoisotopic (exact) mass is 414 g/mol. The molecule has 1 saturated heterocycles. The van der Waals surface area contributed by atoms with Gasteiger partial charge in [0.1, 0.15) is 6.42 Å². The zero-order chi connectivity index (χ0) is 21.4. The molecule has 0 bridgehead atoms. The van der Waals surface area contributed by atoms with Crippen molar-refractivity contribution in [3.05, 3.63) is 29.8 Å². The molecular formula is C19H25F3N4O3. The number of amides is 4. The second-order valence-electron chi connectivity index (χ2n) is 6.81. The van der Waals surface area contributed by atoms with Crippen LogP contribution in [0.5, 0.6) is 0 Å². The number of urea groups is 1. The molecule has 0 aliphatic carbocycles. The fourth-order valence-corrected chi connectivity index (χ4v) is 2.89. The standard InChI is InChI=1S/C19H25F3N4O3/c1-2-7-23-18(29)24-15-5-3-14(4-6-15)12-16(27)25-8-10-26(11-9-25)17(28)13-19(20,21)22/h3-6H,2,7-13H2,1H3,(H2,23,24,29). The number of carbonyl (C=O) groups excluding carboxylic acids is 3. The SMILES string of the molecule is CCCNC(=O)Nc1ccc(CC(=O)N2CCN(C(=O)CC(F)(F)F)CC2)cc1. The Morgan fingerprint density at radius 2 is 1.52 bits per heavy atom. The van der Waals surface area contributed by atoms with Gasteiger partial charge in [0.2, 0.25) is 11.8 Å². The van der Waals surface area contributed by atoms with E-state index in [4.69, 9.17) is 0 Å². The molecule has 0 unspecified atom stereocenters. The molecule has 0 radical (unpaired) electrons. The van der Waals surface area contributed by atoms with Crippen LogP contribution >= 0.6 is 0 Å². The lowest BCUT2D eigenvalue weighted by atomic mass is 10.1. The van der Waals surface area contributed by atoms with Gasteiger partial charge in [-0.05, 0) is 24.1 Å². The van der Waals surface area contributed by atoms with Gasteiger partial charge in [-0.1, -0.05) is 19.1 Å². The maximum atomic E-state index is 12.4. The molecule has 2 rings (SSSR count). The number of rotatable bonds is 6. The van der Waals surface area contributed by atoms with Crippen LogP contribution < -0.4 is 10.6 Å². The Morgan fingerprint density at radius 1 is 0.966 bits per heavy atom. The van der Waals surface area contributed by atoms with E-state index >= 15 is 0 Å². The Balaban J connectivity index is 1.79. The molecule has 0 spiro atoms. The Morgan fingerprint density at radius 3 is 2.03 bits per heavy atom. The number of hydrogen-bond donors (Lipinski definition) is 2. The van der Waals surface area contributed by atoms with Gasteiger partial charge in [0.15, 0.2) is 0 Å². The van der Waals surface area contributed by atoms with Crippen LogP contribution in [0.25, 0.3) is 0 Å². The van der Waals surface area contributed by atoms with E-state index in [0.717, 1.165) is 16.9 Å². The summed E-state index contributed by atoms with van der Waals surface area (Å²) in [5, 5.41) is 5.38. The maximum Gasteiger partial charge on any atom is 0.397 e. The highest BCUT2D eigenvalue weighted by Crippen LogP contribution is 2.21. The van der Waals surface area contributed by atoms with Crippen LogP contribution in [0.2, 0.25) is 0 Å². The molecule has 160 valence electrons. The molecule has 1 aromatic carbocycles. The molecule has 0 saturated carbocycles. The van der Waals surface area contributed by atoms with Gasteiger partial charge in [0.25, 0.3) is 0 Å². The quantitative estimate of drug-likeness (QED) is 0.750. The van der Waals surface area contributed by atoms with Gasteiger partial charge in [-0.25, -0.2) is 4.79 Å². The predicted molar refractivity (Wildman–Crippen MR) is 101 cm³/mol. The van der Waals surface area contributed by atoms with E-state index in [1.165, 1.54) is 0 Å². The van der Waals surface area contributed by atoms with E-state index in [2.05, 4.69) is 10.6 Å². The van der Waals surface area contributed by atoms with Gasteiger partial charge < -0.3 is 20.4 Å². The van der Waals surface area contributed by atoms with Gasteiger partial charge in [0, 0.05) is 38.4 Å². The number of benzene rings is 1. The molecule has 10 heteroatoms. The molecule has 1 aliphatic rings. The molecule has 0 atom stereocenters. The number of carbonyl (C=O) groups is 3. The number of hydrogen-bond acceptors (Lipinski definition) is 3. The van der Waals surface area contributed by atoms with E-state index in [1.54, 1.807) is 29.2 Å². The van der Waals surface area contributed by atoms with Gasteiger partial charge in [0.05, 0.1) is 6.42 Å². The van der Waals surface area contributed by atoms with E-state index < -0.39 is 18.5 Å². The fourth-order valence-electron chi connectivity index (χ4n) is 2.89. The van der Waals surface area contributed by atoms with Crippen LogP contribution in [0.1, 0.15) is 25.3 Å². The summed E-state index contributed by atoms with van der Waals surface area (Å²) >= 11 is 0. The van der Waals surface area contributed by atoms with Crippen molar-refractivity contribution in [1.82, 2.24) is 15.1 Å². The van der Waals surface area contributed by atoms with Crippen molar-refractivity contribution in [3.63, 3.8) is 0 Å². The van der Waals surface area contributed by atoms with Crippen LogP contribution in [-0.2, 0) is 16.0 Å².